The van der Waals surface area contributed by atoms with Crippen LogP contribution in [0.5, 0.6) is 0 Å². The van der Waals surface area contributed by atoms with Gasteiger partial charge in [0.15, 0.2) is 5.70 Å². The lowest BCUT2D eigenvalue weighted by atomic mass is 10.2. The molecule has 1 aliphatic rings. The molecule has 2 aromatic rings. The molecule has 0 amide bonds. The van der Waals surface area contributed by atoms with Crippen LogP contribution >= 0.6 is 45.8 Å². The minimum Gasteiger partial charge on any atom is -0.402 e. The van der Waals surface area contributed by atoms with Crippen LogP contribution in [-0.4, -0.2) is 11.9 Å². The molecule has 6 heteroatoms. The van der Waals surface area contributed by atoms with Gasteiger partial charge in [-0.3, -0.25) is 0 Å². The first kappa shape index (κ1) is 15.5. The van der Waals surface area contributed by atoms with Crippen LogP contribution in [0.3, 0.4) is 0 Å². The Labute approximate surface area is 150 Å². The Morgan fingerprint density at radius 1 is 1.09 bits per heavy atom. The van der Waals surface area contributed by atoms with E-state index in [9.17, 15) is 4.79 Å². The predicted octanol–water partition coefficient (Wildman–Crippen LogP) is 4.94. The van der Waals surface area contributed by atoms with Crippen LogP contribution in [0.15, 0.2) is 53.2 Å². The molecule has 0 spiro atoms. The largest absolute Gasteiger partial charge is 0.402 e. The van der Waals surface area contributed by atoms with Crippen molar-refractivity contribution in [2.75, 3.05) is 0 Å². The number of aliphatic imine (C=N–C) groups is 1. The number of esters is 1. The molecule has 110 valence electrons. The Kier molecular flexibility index (Phi) is 4.52. The average Bonchev–Trinajstić information content (AvgIpc) is 2.84. The van der Waals surface area contributed by atoms with E-state index in [1.807, 2.05) is 24.3 Å². The maximum absolute atomic E-state index is 12.0. The fourth-order valence-corrected chi connectivity index (χ4v) is 2.84. The van der Waals surface area contributed by atoms with Crippen molar-refractivity contribution in [3.05, 3.63) is 72.9 Å². The number of carbonyl (C=O) groups excluding carboxylic acids is 1. The maximum atomic E-state index is 12.0. The molecule has 0 aromatic heterocycles. The number of halogens is 3. The van der Waals surface area contributed by atoms with Gasteiger partial charge >= 0.3 is 5.97 Å². The van der Waals surface area contributed by atoms with Crippen LogP contribution in [0.4, 0.5) is 0 Å². The zero-order valence-electron chi connectivity index (χ0n) is 11.0. The van der Waals surface area contributed by atoms with E-state index in [2.05, 4.69) is 27.6 Å². The molecule has 0 saturated carbocycles. The fourth-order valence-electron chi connectivity index (χ4n) is 1.92. The van der Waals surface area contributed by atoms with Gasteiger partial charge in [0.1, 0.15) is 0 Å². The first-order valence-corrected chi connectivity index (χ1v) is 8.10. The molecule has 3 nitrogen and oxygen atoms in total. The monoisotopic (exact) mass is 443 g/mol. The Morgan fingerprint density at radius 2 is 1.86 bits per heavy atom. The SMILES string of the molecule is O=C1OC(c2ccccc2I)=N/C1=C\c1ccc(Cl)c(Cl)c1. The van der Waals surface area contributed by atoms with Gasteiger partial charge in [0.25, 0.3) is 0 Å². The van der Waals surface area contributed by atoms with E-state index in [0.717, 1.165) is 14.7 Å². The number of nitrogens with zero attached hydrogens (tertiary/aromatic N) is 1. The van der Waals surface area contributed by atoms with E-state index in [1.165, 1.54) is 0 Å². The highest BCUT2D eigenvalue weighted by atomic mass is 127. The predicted molar refractivity (Wildman–Crippen MR) is 96.2 cm³/mol. The first-order chi connectivity index (χ1) is 10.5. The quantitative estimate of drug-likeness (QED) is 0.374. The van der Waals surface area contributed by atoms with Crippen molar-refractivity contribution in [1.29, 1.82) is 0 Å². The lowest BCUT2D eigenvalue weighted by Crippen LogP contribution is -2.06. The molecule has 0 aliphatic carbocycles. The number of carbonyl (C=O) groups is 1. The second-order valence-electron chi connectivity index (χ2n) is 4.49. The third kappa shape index (κ3) is 3.19. The molecule has 0 unspecified atom stereocenters. The number of cyclic esters (lactones) is 1. The first-order valence-electron chi connectivity index (χ1n) is 6.27. The normalized spacial score (nSPS) is 15.9. The number of hydrogen-bond acceptors (Lipinski definition) is 3. The third-order valence-corrected chi connectivity index (χ3v) is 4.65. The van der Waals surface area contributed by atoms with Gasteiger partial charge in [-0.25, -0.2) is 9.79 Å². The van der Waals surface area contributed by atoms with Gasteiger partial charge in [0.2, 0.25) is 5.90 Å². The van der Waals surface area contributed by atoms with Crippen LogP contribution in [0.25, 0.3) is 6.08 Å². The summed E-state index contributed by atoms with van der Waals surface area (Å²) in [6.45, 7) is 0. The summed E-state index contributed by atoms with van der Waals surface area (Å²) in [5.74, 6) is -0.179. The zero-order valence-corrected chi connectivity index (χ0v) is 14.7. The highest BCUT2D eigenvalue weighted by molar-refractivity contribution is 14.1. The molecule has 0 bridgehead atoms. The zero-order chi connectivity index (χ0) is 15.7. The van der Waals surface area contributed by atoms with E-state index >= 15 is 0 Å². The van der Waals surface area contributed by atoms with E-state index in [1.54, 1.807) is 24.3 Å². The standard InChI is InChI=1S/C16H8Cl2INO2/c17-11-6-5-9(7-12(11)18)8-14-16(21)22-15(20-14)10-3-1-2-4-13(10)19/h1-8H/b14-8-. The summed E-state index contributed by atoms with van der Waals surface area (Å²) >= 11 is 14.0. The van der Waals surface area contributed by atoms with Gasteiger partial charge in [-0.15, -0.1) is 0 Å². The van der Waals surface area contributed by atoms with E-state index in [0.29, 0.717) is 15.9 Å². The van der Waals surface area contributed by atoms with Crippen molar-refractivity contribution < 1.29 is 9.53 Å². The Hall–Kier alpha value is -1.37. The van der Waals surface area contributed by atoms with Crippen molar-refractivity contribution in [2.24, 2.45) is 4.99 Å². The van der Waals surface area contributed by atoms with Crippen molar-refractivity contribution in [3.8, 4) is 0 Å². The molecule has 22 heavy (non-hydrogen) atoms. The lowest BCUT2D eigenvalue weighted by molar-refractivity contribution is -0.129. The number of hydrogen-bond donors (Lipinski definition) is 0. The van der Waals surface area contributed by atoms with E-state index in [-0.39, 0.29) is 5.70 Å². The van der Waals surface area contributed by atoms with Gasteiger partial charge in [-0.1, -0.05) is 41.4 Å². The molecule has 0 atom stereocenters. The highest BCUT2D eigenvalue weighted by Crippen LogP contribution is 2.26. The summed E-state index contributed by atoms with van der Waals surface area (Å²) in [6, 6.07) is 12.7. The van der Waals surface area contributed by atoms with Gasteiger partial charge in [0, 0.05) is 3.57 Å². The van der Waals surface area contributed by atoms with Crippen LogP contribution in [0, 0.1) is 3.57 Å². The minimum atomic E-state index is -0.485. The molecule has 0 N–H and O–H groups in total. The molecular formula is C16H8Cl2INO2. The lowest BCUT2D eigenvalue weighted by Gasteiger charge is -2.01. The van der Waals surface area contributed by atoms with Gasteiger partial charge in [-0.05, 0) is 58.5 Å². The number of rotatable bonds is 2. The molecule has 1 aliphatic heterocycles. The van der Waals surface area contributed by atoms with Crippen molar-refractivity contribution >= 4 is 63.7 Å². The third-order valence-electron chi connectivity index (χ3n) is 2.97. The van der Waals surface area contributed by atoms with Crippen LogP contribution < -0.4 is 0 Å². The molecule has 0 fully saturated rings. The van der Waals surface area contributed by atoms with Crippen molar-refractivity contribution in [1.82, 2.24) is 0 Å². The summed E-state index contributed by atoms with van der Waals surface area (Å²) in [7, 11) is 0. The summed E-state index contributed by atoms with van der Waals surface area (Å²) < 4.78 is 6.21. The highest BCUT2D eigenvalue weighted by Gasteiger charge is 2.25. The molecule has 0 radical (unpaired) electrons. The Balaban J connectivity index is 1.98. The summed E-state index contributed by atoms with van der Waals surface area (Å²) in [4.78, 5) is 16.2. The summed E-state index contributed by atoms with van der Waals surface area (Å²) in [5.41, 5.74) is 1.75. The van der Waals surface area contributed by atoms with E-state index < -0.39 is 5.97 Å². The van der Waals surface area contributed by atoms with E-state index in [4.69, 9.17) is 27.9 Å². The number of benzene rings is 2. The van der Waals surface area contributed by atoms with Crippen LogP contribution in [-0.2, 0) is 9.53 Å². The molecule has 3 rings (SSSR count). The van der Waals surface area contributed by atoms with Crippen LogP contribution in [0.2, 0.25) is 10.0 Å². The molecule has 2 aromatic carbocycles. The second-order valence-corrected chi connectivity index (χ2v) is 6.47. The molecular weight excluding hydrogens is 436 g/mol. The maximum Gasteiger partial charge on any atom is 0.363 e. The topological polar surface area (TPSA) is 38.7 Å². The summed E-state index contributed by atoms with van der Waals surface area (Å²) in [5, 5.41) is 0.880. The number of ether oxygens (including phenoxy) is 1. The smallest absolute Gasteiger partial charge is 0.363 e. The van der Waals surface area contributed by atoms with Crippen molar-refractivity contribution in [3.63, 3.8) is 0 Å². The Morgan fingerprint density at radius 3 is 2.59 bits per heavy atom. The molecule has 1 heterocycles. The van der Waals surface area contributed by atoms with Gasteiger partial charge in [0.05, 0.1) is 15.6 Å². The molecule has 0 saturated heterocycles. The van der Waals surface area contributed by atoms with Crippen molar-refractivity contribution in [2.45, 2.75) is 0 Å². The minimum absolute atomic E-state index is 0.230. The van der Waals surface area contributed by atoms with Crippen LogP contribution in [0.1, 0.15) is 11.1 Å². The Bertz CT molecular complexity index is 831. The summed E-state index contributed by atoms with van der Waals surface area (Å²) in [6.07, 6.45) is 1.62. The fraction of sp³-hybridized carbons (Fsp3) is 0. The average molecular weight is 444 g/mol. The van der Waals surface area contributed by atoms with Gasteiger partial charge < -0.3 is 4.74 Å². The van der Waals surface area contributed by atoms with Gasteiger partial charge in [-0.2, -0.15) is 0 Å². The second kappa shape index (κ2) is 6.40.